The fraction of sp³-hybridized carbons (Fsp3) is 0.167. The lowest BCUT2D eigenvalue weighted by atomic mass is 10.1. The molecule has 0 saturated heterocycles. The van der Waals surface area contributed by atoms with Crippen molar-refractivity contribution >= 4 is 23.1 Å². The van der Waals surface area contributed by atoms with E-state index in [0.29, 0.717) is 36.2 Å². The van der Waals surface area contributed by atoms with Gasteiger partial charge in [-0.25, -0.2) is 4.39 Å². The summed E-state index contributed by atoms with van der Waals surface area (Å²) in [6.45, 7) is 2.21. The second kappa shape index (κ2) is 9.38. The highest BCUT2D eigenvalue weighted by Gasteiger charge is 2.18. The van der Waals surface area contributed by atoms with Crippen LogP contribution in [0, 0.1) is 12.7 Å². The average Bonchev–Trinajstić information content (AvgIpc) is 3.21. The molecule has 0 unspecified atom stereocenters. The molecule has 7 nitrogen and oxygen atoms in total. The van der Waals surface area contributed by atoms with Crippen LogP contribution in [-0.4, -0.2) is 33.0 Å². The van der Waals surface area contributed by atoms with Gasteiger partial charge in [0.15, 0.2) is 5.65 Å². The van der Waals surface area contributed by atoms with Gasteiger partial charge in [-0.15, -0.1) is 10.2 Å². The first-order chi connectivity index (χ1) is 15.5. The summed E-state index contributed by atoms with van der Waals surface area (Å²) in [5.41, 5.74) is 2.09. The lowest BCUT2D eigenvalue weighted by Crippen LogP contribution is -2.27. The Hall–Kier alpha value is -4.07. The minimum atomic E-state index is -0.620. The third-order valence-electron chi connectivity index (χ3n) is 5.12. The zero-order valence-electron chi connectivity index (χ0n) is 17.5. The summed E-state index contributed by atoms with van der Waals surface area (Å²) >= 11 is 0. The van der Waals surface area contributed by atoms with Crippen molar-refractivity contribution in [2.24, 2.45) is 0 Å². The molecule has 4 rings (SSSR count). The quantitative estimate of drug-likeness (QED) is 0.436. The number of nitrogens with zero attached hydrogens (tertiary/aromatic N) is 3. The van der Waals surface area contributed by atoms with Gasteiger partial charge in [0.05, 0.1) is 16.8 Å². The second-order valence-corrected chi connectivity index (χ2v) is 7.34. The van der Waals surface area contributed by atoms with Gasteiger partial charge in [-0.05, 0) is 49.2 Å². The van der Waals surface area contributed by atoms with E-state index in [4.69, 9.17) is 0 Å². The van der Waals surface area contributed by atoms with Crippen molar-refractivity contribution in [1.29, 1.82) is 0 Å². The Balaban J connectivity index is 1.41. The first kappa shape index (κ1) is 21.2. The van der Waals surface area contributed by atoms with Crippen molar-refractivity contribution in [3.63, 3.8) is 0 Å². The van der Waals surface area contributed by atoms with Crippen LogP contribution in [0.15, 0.2) is 66.9 Å². The van der Waals surface area contributed by atoms with E-state index in [-0.39, 0.29) is 11.5 Å². The molecule has 162 valence electrons. The third kappa shape index (κ3) is 4.49. The molecule has 4 aromatic rings. The van der Waals surface area contributed by atoms with Crippen molar-refractivity contribution < 1.29 is 14.0 Å². The van der Waals surface area contributed by atoms with Gasteiger partial charge < -0.3 is 10.6 Å². The van der Waals surface area contributed by atoms with Gasteiger partial charge in [0.25, 0.3) is 11.8 Å². The highest BCUT2D eigenvalue weighted by molar-refractivity contribution is 6.09. The minimum absolute atomic E-state index is 0.0809. The van der Waals surface area contributed by atoms with Crippen LogP contribution in [0.2, 0.25) is 0 Å². The van der Waals surface area contributed by atoms with Crippen LogP contribution in [0.4, 0.5) is 10.1 Å². The van der Waals surface area contributed by atoms with Crippen molar-refractivity contribution in [1.82, 2.24) is 19.9 Å². The Morgan fingerprint density at radius 1 is 0.938 bits per heavy atom. The fourth-order valence-corrected chi connectivity index (χ4v) is 3.45. The monoisotopic (exact) mass is 431 g/mol. The molecule has 0 fully saturated rings. The Kier molecular flexibility index (Phi) is 6.21. The predicted molar refractivity (Wildman–Crippen MR) is 119 cm³/mol. The molecule has 0 aliphatic rings. The predicted octanol–water partition coefficient (Wildman–Crippen LogP) is 3.79. The Morgan fingerprint density at radius 2 is 1.72 bits per heavy atom. The van der Waals surface area contributed by atoms with Crippen LogP contribution in [-0.2, 0) is 6.42 Å². The summed E-state index contributed by atoms with van der Waals surface area (Å²) in [6, 6.07) is 16.6. The van der Waals surface area contributed by atoms with Gasteiger partial charge in [0.1, 0.15) is 11.6 Å². The molecule has 2 aromatic carbocycles. The number of carbonyl (C=O) groups excluding carboxylic acids is 2. The van der Waals surface area contributed by atoms with Crippen LogP contribution in [0.1, 0.15) is 38.5 Å². The number of rotatable bonds is 7. The summed E-state index contributed by atoms with van der Waals surface area (Å²) in [4.78, 5) is 25.4. The van der Waals surface area contributed by atoms with Crippen LogP contribution in [0.3, 0.4) is 0 Å². The number of benzene rings is 2. The average molecular weight is 431 g/mol. The molecule has 2 amide bonds. The van der Waals surface area contributed by atoms with Gasteiger partial charge >= 0.3 is 0 Å². The van der Waals surface area contributed by atoms with Crippen LogP contribution < -0.4 is 10.6 Å². The maximum absolute atomic E-state index is 14.0. The van der Waals surface area contributed by atoms with E-state index >= 15 is 0 Å². The number of nitrogens with one attached hydrogen (secondary N) is 2. The highest BCUT2D eigenvalue weighted by atomic mass is 19.1. The largest absolute Gasteiger partial charge is 0.352 e. The molecule has 0 saturated carbocycles. The van der Waals surface area contributed by atoms with Gasteiger partial charge in [0, 0.05) is 19.2 Å². The summed E-state index contributed by atoms with van der Waals surface area (Å²) in [5, 5.41) is 13.9. The number of carbonyl (C=O) groups is 2. The first-order valence-electron chi connectivity index (χ1n) is 10.3. The molecule has 32 heavy (non-hydrogen) atoms. The van der Waals surface area contributed by atoms with Gasteiger partial charge in [-0.1, -0.05) is 30.3 Å². The molecule has 0 radical (unpaired) electrons. The van der Waals surface area contributed by atoms with Crippen molar-refractivity contribution in [2.45, 2.75) is 19.8 Å². The molecule has 2 N–H and O–H groups in total. The smallest absolute Gasteiger partial charge is 0.258 e. The molecule has 0 aliphatic heterocycles. The first-order valence-corrected chi connectivity index (χ1v) is 10.3. The zero-order valence-corrected chi connectivity index (χ0v) is 17.5. The van der Waals surface area contributed by atoms with Crippen LogP contribution in [0.5, 0.6) is 0 Å². The number of halogens is 1. The SMILES string of the molecule is Cc1cccc(C(=O)NCCCc2nnc3ccccn23)c1NC(=O)c1ccccc1F. The molecule has 2 heterocycles. The van der Waals surface area contributed by atoms with E-state index in [2.05, 4.69) is 20.8 Å². The van der Waals surface area contributed by atoms with Crippen LogP contribution >= 0.6 is 0 Å². The molecular weight excluding hydrogens is 409 g/mol. The molecule has 0 spiro atoms. The standard InChI is InChI=1S/C24H22FN5O2/c1-16-8-6-10-18(22(16)27-24(32)17-9-2-3-11-19(17)25)23(31)26-14-7-13-21-29-28-20-12-4-5-15-30(20)21/h2-6,8-12,15H,7,13-14H2,1H3,(H,26,31)(H,27,32). The Labute approximate surface area is 184 Å². The summed E-state index contributed by atoms with van der Waals surface area (Å²) in [6.07, 6.45) is 3.22. The van der Waals surface area contributed by atoms with E-state index in [1.54, 1.807) is 31.2 Å². The topological polar surface area (TPSA) is 88.4 Å². The number of pyridine rings is 1. The fourth-order valence-electron chi connectivity index (χ4n) is 3.45. The number of fused-ring (bicyclic) bond motifs is 1. The lowest BCUT2D eigenvalue weighted by molar-refractivity contribution is 0.0954. The normalized spacial score (nSPS) is 10.8. The Bertz CT molecular complexity index is 1280. The van der Waals surface area contributed by atoms with E-state index in [1.807, 2.05) is 28.8 Å². The number of aromatic nitrogens is 3. The Morgan fingerprint density at radius 3 is 2.56 bits per heavy atom. The number of hydrogen-bond donors (Lipinski definition) is 2. The molecule has 0 aliphatic carbocycles. The molecule has 8 heteroatoms. The minimum Gasteiger partial charge on any atom is -0.352 e. The van der Waals surface area contributed by atoms with E-state index in [0.717, 1.165) is 11.5 Å². The maximum atomic E-state index is 14.0. The molecule has 0 bridgehead atoms. The third-order valence-corrected chi connectivity index (χ3v) is 5.12. The van der Waals surface area contributed by atoms with Gasteiger partial charge in [-0.3, -0.25) is 14.0 Å². The highest BCUT2D eigenvalue weighted by Crippen LogP contribution is 2.22. The lowest BCUT2D eigenvalue weighted by Gasteiger charge is -2.14. The van der Waals surface area contributed by atoms with Crippen molar-refractivity contribution in [3.05, 3.63) is 95.2 Å². The van der Waals surface area contributed by atoms with E-state index < -0.39 is 11.7 Å². The number of amides is 2. The van der Waals surface area contributed by atoms with E-state index in [9.17, 15) is 14.0 Å². The number of anilines is 1. The summed E-state index contributed by atoms with van der Waals surface area (Å²) < 4.78 is 15.9. The van der Waals surface area contributed by atoms with Gasteiger partial charge in [-0.2, -0.15) is 0 Å². The second-order valence-electron chi connectivity index (χ2n) is 7.34. The van der Waals surface area contributed by atoms with Gasteiger partial charge in [0.2, 0.25) is 0 Å². The summed E-state index contributed by atoms with van der Waals surface area (Å²) in [5.74, 6) is -0.720. The maximum Gasteiger partial charge on any atom is 0.258 e. The van der Waals surface area contributed by atoms with Crippen LogP contribution in [0.25, 0.3) is 5.65 Å². The number of para-hydroxylation sites is 1. The zero-order chi connectivity index (χ0) is 22.5. The molecule has 0 atom stereocenters. The van der Waals surface area contributed by atoms with E-state index in [1.165, 1.54) is 18.2 Å². The van der Waals surface area contributed by atoms with Crippen molar-refractivity contribution in [3.8, 4) is 0 Å². The van der Waals surface area contributed by atoms with Crippen molar-refractivity contribution in [2.75, 3.05) is 11.9 Å². The molecular formula is C24H22FN5O2. The number of aryl methyl sites for hydroxylation is 2. The molecule has 2 aromatic heterocycles. The number of hydrogen-bond acceptors (Lipinski definition) is 4. The summed E-state index contributed by atoms with van der Waals surface area (Å²) in [7, 11) is 0.